The van der Waals surface area contributed by atoms with Crippen LogP contribution in [0.25, 0.3) is 11.0 Å². The van der Waals surface area contributed by atoms with E-state index in [0.717, 1.165) is 5.39 Å². The average molecular weight is 1670 g/mol. The molecule has 5 unspecified atom stereocenters. The maximum Gasteiger partial charge on any atom is 0.389 e. The summed E-state index contributed by atoms with van der Waals surface area (Å²) in [5.74, 6) is 3.22. The molecule has 15 rings (SSSR count). The Labute approximate surface area is 681 Å². The Morgan fingerprint density at radius 3 is 0.941 bits per heavy atom. The number of esters is 5. The first kappa shape index (κ1) is 88.3. The molecule has 5 aliphatic heterocycles. The van der Waals surface area contributed by atoms with Crippen molar-refractivity contribution >= 4 is 46.6 Å². The number of rotatable bonds is 27. The van der Waals surface area contributed by atoms with Crippen LogP contribution in [0.5, 0.6) is 86.2 Å². The molecule has 644 valence electrons. The van der Waals surface area contributed by atoms with E-state index in [2.05, 4.69) is 0 Å². The van der Waals surface area contributed by atoms with Gasteiger partial charge in [0.1, 0.15) is 5.58 Å². The van der Waals surface area contributed by atoms with Crippen molar-refractivity contribution in [3.8, 4) is 86.2 Å². The number of alkyl halides is 3. The molecule has 5 atom stereocenters. The van der Waals surface area contributed by atoms with Gasteiger partial charge in [0.15, 0.2) is 69.9 Å². The highest BCUT2D eigenvalue weighted by atomic mass is 19.4. The molecule has 0 amide bonds. The number of hydrogen-bond acceptors (Lipinski definition) is 32. The van der Waals surface area contributed by atoms with Crippen LogP contribution in [0, 0.1) is 17.8 Å². The smallest absolute Gasteiger partial charge is 0.389 e. The fourth-order valence-electron chi connectivity index (χ4n) is 14.3. The van der Waals surface area contributed by atoms with Gasteiger partial charge in [-0.05, 0) is 105 Å². The lowest BCUT2D eigenvalue weighted by Gasteiger charge is -2.28. The molecule has 32 nitrogen and oxygen atoms in total. The molecule has 6 heterocycles. The van der Waals surface area contributed by atoms with Crippen LogP contribution in [0.4, 0.5) is 13.2 Å². The number of fused-ring (bicyclic) bond motifs is 6. The van der Waals surface area contributed by atoms with E-state index in [1.807, 2.05) is 18.2 Å². The molecule has 5 N–H and O–H groups in total. The topological polar surface area (TPSA) is 401 Å². The highest BCUT2D eigenvalue weighted by Crippen LogP contribution is 2.51. The van der Waals surface area contributed by atoms with Crippen LogP contribution < -0.4 is 71.1 Å². The van der Waals surface area contributed by atoms with Gasteiger partial charge in [0.2, 0.25) is 66.0 Å². The molecule has 3 saturated carbocycles. The van der Waals surface area contributed by atoms with Crippen molar-refractivity contribution in [3.05, 3.63) is 122 Å². The molecule has 3 fully saturated rings. The molecule has 0 saturated heterocycles. The van der Waals surface area contributed by atoms with E-state index in [4.69, 9.17) is 99.2 Å². The van der Waals surface area contributed by atoms with Gasteiger partial charge in [0, 0.05) is 71.7 Å². The van der Waals surface area contributed by atoms with E-state index in [1.54, 1.807) is 30.3 Å². The number of halogens is 3. The fraction of sp³-hybridized carbons (Fsp3) is 0.476. The van der Waals surface area contributed by atoms with E-state index in [1.165, 1.54) is 141 Å². The second kappa shape index (κ2) is 39.8. The molecule has 1 aromatic heterocycles. The summed E-state index contributed by atoms with van der Waals surface area (Å²) in [6.07, 6.45) is -0.273. The maximum absolute atomic E-state index is 12.5. The number of aliphatic hydroxyl groups excluding tert-OH is 5. The highest BCUT2D eigenvalue weighted by molar-refractivity contribution is 6.00. The van der Waals surface area contributed by atoms with Crippen LogP contribution >= 0.6 is 0 Å². The van der Waals surface area contributed by atoms with Crippen molar-refractivity contribution in [2.75, 3.05) is 104 Å². The first-order chi connectivity index (χ1) is 57.2. The standard InChI is InChI=1S/C21H18O8.C17H22O6.C16H20O6.C15H17F3O6.C15H18O6/c1-25-19-12-9-18(23)29-21(24)13(12)8-17(20(19)26-2)27-10-14(22)16-7-11-5-3-4-6-15(11)28-16;1-20-15-11-8-14(18)23-17(19)12(11)7-13(16(15)21-2)22-9-10-5-3-4-6-10;1-19-14-10-7-13(17)22-16(18)11(10)6-12(15(14)20-2)21-8-9-4-3-5-9;1-21-12-8-7-11(19)24-14(20)9(8)6-10(13(12)22-2)23-5-3-4-15(16,17)18;1-18-13-9-6-12(16)21-15(17)10(9)5-11(14(13)19-2)20-7-8-3-4-8/h3-8,18,23H,9-10H2,1-2H3;7,10,14,18H,3-6,8-9H2,1-2H3;6,9,13,17H,3-5,7-8H2,1-2H3;6,11,19H,3-5,7H2,1-2H3;5,8,12,16H,3-4,6-7H2,1-2H3. The Hall–Kier alpha value is -11.5. The summed E-state index contributed by atoms with van der Waals surface area (Å²) in [7, 11) is 14.6. The third-order valence-corrected chi connectivity index (χ3v) is 20.5. The van der Waals surface area contributed by atoms with Crippen LogP contribution in [-0.4, -0.2) is 203 Å². The first-order valence-electron chi connectivity index (χ1n) is 38.3. The minimum atomic E-state index is -4.26. The van der Waals surface area contributed by atoms with Gasteiger partial charge in [-0.2, -0.15) is 13.2 Å². The number of carbonyl (C=O) groups is 6. The summed E-state index contributed by atoms with van der Waals surface area (Å²) >= 11 is 0. The van der Waals surface area contributed by atoms with Gasteiger partial charge in [0.25, 0.3) is 0 Å². The lowest BCUT2D eigenvalue weighted by Crippen LogP contribution is -2.28. The van der Waals surface area contributed by atoms with Crippen molar-refractivity contribution in [2.45, 2.75) is 140 Å². The molecule has 0 bridgehead atoms. The van der Waals surface area contributed by atoms with Crippen LogP contribution in [0.15, 0.2) is 65.1 Å². The number of para-hydroxylation sites is 1. The quantitative estimate of drug-likeness (QED) is 0.0138. The lowest BCUT2D eigenvalue weighted by molar-refractivity contribution is -0.136. The number of aliphatic hydroxyl groups is 5. The fourth-order valence-corrected chi connectivity index (χ4v) is 14.3. The number of methoxy groups -OCH3 is 10. The van der Waals surface area contributed by atoms with Crippen LogP contribution in [0.3, 0.4) is 0 Å². The van der Waals surface area contributed by atoms with Gasteiger partial charge >= 0.3 is 36.0 Å². The Morgan fingerprint density at radius 1 is 0.378 bits per heavy atom. The summed E-state index contributed by atoms with van der Waals surface area (Å²) in [6.45, 7) is 1.23. The van der Waals surface area contributed by atoms with E-state index in [0.29, 0.717) is 139 Å². The zero-order valence-electron chi connectivity index (χ0n) is 67.1. The van der Waals surface area contributed by atoms with Gasteiger partial charge in [-0.15, -0.1) is 0 Å². The molecule has 3 aliphatic carbocycles. The van der Waals surface area contributed by atoms with Crippen molar-refractivity contribution in [1.82, 2.24) is 0 Å². The number of hydrogen-bond donors (Lipinski definition) is 5. The second-order valence-corrected chi connectivity index (χ2v) is 28.4. The molecule has 6 aromatic carbocycles. The molecule has 8 aliphatic rings. The highest BCUT2D eigenvalue weighted by Gasteiger charge is 2.39. The normalized spacial score (nSPS) is 18.7. The molecule has 35 heteroatoms. The van der Waals surface area contributed by atoms with E-state index in [9.17, 15) is 67.5 Å². The summed E-state index contributed by atoms with van der Waals surface area (Å²) in [5.41, 5.74) is 4.54. The number of benzene rings is 6. The SMILES string of the molecule is COc1c(OCC(=O)c2cc3ccccc3o2)cc2c(c1OC)CC(O)OC2=O.COc1c(OCC2CC2)cc2c(c1OC)CC(O)OC2=O.COc1c(OCC2CCC2)cc2c(c1OC)CC(O)OC2=O.COc1c(OCC2CCCC2)cc2c(c1OC)CC(O)OC2=O.COc1c(OCCCC(F)(F)F)cc2c(c1OC)CC(O)OC2=O. The minimum absolute atomic E-state index is 0.00889. The average Bonchev–Trinajstić information content (AvgIpc) is 1.27. The summed E-state index contributed by atoms with van der Waals surface area (Å²) in [6, 6.07) is 16.5. The predicted molar refractivity (Wildman–Crippen MR) is 409 cm³/mol. The molecule has 119 heavy (non-hydrogen) atoms. The maximum atomic E-state index is 12.5. The Balaban J connectivity index is 0.000000146. The summed E-state index contributed by atoms with van der Waals surface area (Å²) in [5, 5.41) is 49.0. The number of carbonyl (C=O) groups excluding carboxylic acids is 6. The first-order valence-corrected chi connectivity index (χ1v) is 38.3. The zero-order chi connectivity index (χ0) is 85.5. The van der Waals surface area contributed by atoms with Crippen LogP contribution in [0.1, 0.15) is 161 Å². The van der Waals surface area contributed by atoms with Gasteiger partial charge in [-0.25, -0.2) is 24.0 Å². The zero-order valence-corrected chi connectivity index (χ0v) is 67.1. The minimum Gasteiger partial charge on any atom is -0.492 e. The van der Waals surface area contributed by atoms with Gasteiger partial charge in [0.05, 0.1) is 125 Å². The van der Waals surface area contributed by atoms with E-state index in [-0.39, 0.29) is 109 Å². The van der Waals surface area contributed by atoms with Crippen molar-refractivity contribution in [3.63, 3.8) is 0 Å². The van der Waals surface area contributed by atoms with Gasteiger partial charge < -0.3 is 125 Å². The van der Waals surface area contributed by atoms with Gasteiger partial charge in [-0.3, -0.25) is 4.79 Å². The van der Waals surface area contributed by atoms with E-state index < -0.39 is 73.9 Å². The third-order valence-electron chi connectivity index (χ3n) is 20.5. The molecule has 0 spiro atoms. The number of Topliss-reactive ketones (excluding diaryl/α,β-unsaturated/α-hetero) is 1. The second-order valence-electron chi connectivity index (χ2n) is 28.4. The molecular formula is C84H95F3O32. The number of ether oxygens (including phenoxy) is 20. The largest absolute Gasteiger partial charge is 0.492 e. The van der Waals surface area contributed by atoms with Crippen molar-refractivity contribution in [1.29, 1.82) is 0 Å². The van der Waals surface area contributed by atoms with Gasteiger partial charge in [-0.1, -0.05) is 37.5 Å². The van der Waals surface area contributed by atoms with Crippen LogP contribution in [0.2, 0.25) is 0 Å². The lowest BCUT2D eigenvalue weighted by atomic mass is 9.86. The predicted octanol–water partition coefficient (Wildman–Crippen LogP) is 10.9. The van der Waals surface area contributed by atoms with Crippen LogP contribution in [-0.2, 0) is 55.8 Å². The number of cyclic esters (lactones) is 5. The Morgan fingerprint density at radius 2 is 0.664 bits per heavy atom. The number of ketones is 1. The Kier molecular flexibility index (Phi) is 29.5. The Bertz CT molecular complexity index is 4780. The van der Waals surface area contributed by atoms with E-state index >= 15 is 0 Å². The molecule has 0 radical (unpaired) electrons. The monoisotopic (exact) mass is 1670 g/mol. The molecular weight excluding hydrogens is 1580 g/mol. The summed E-state index contributed by atoms with van der Waals surface area (Å²) in [4.78, 5) is 72.5. The summed E-state index contributed by atoms with van der Waals surface area (Å²) < 4.78 is 148. The third kappa shape index (κ3) is 21.0. The van der Waals surface area contributed by atoms with Crippen molar-refractivity contribution < 1.29 is 167 Å². The number of furan rings is 1. The van der Waals surface area contributed by atoms with Crippen molar-refractivity contribution in [2.24, 2.45) is 17.8 Å². The molecule has 7 aromatic rings.